The highest BCUT2D eigenvalue weighted by Gasteiger charge is 2.03. The predicted octanol–water partition coefficient (Wildman–Crippen LogP) is 4.05. The number of carbonyl (C=O) groups excluding carboxylic acids is 1. The van der Waals surface area contributed by atoms with Gasteiger partial charge in [-0.2, -0.15) is 0 Å². The van der Waals surface area contributed by atoms with Gasteiger partial charge in [-0.1, -0.05) is 24.3 Å². The van der Waals surface area contributed by atoms with Crippen LogP contribution in [0, 0.1) is 0 Å². The van der Waals surface area contributed by atoms with E-state index in [1.807, 2.05) is 36.4 Å². The number of benzene rings is 2. The number of carbonyl (C=O) groups is 1. The second-order valence-electron chi connectivity index (χ2n) is 3.79. The fourth-order valence-electron chi connectivity index (χ4n) is 1.55. The van der Waals surface area contributed by atoms with Crippen LogP contribution in [0.15, 0.2) is 54.6 Å². The van der Waals surface area contributed by atoms with Crippen molar-refractivity contribution in [1.29, 1.82) is 0 Å². The maximum absolute atomic E-state index is 11.3. The Balaban J connectivity index is 2.05. The van der Waals surface area contributed by atoms with Crippen LogP contribution in [-0.2, 0) is 4.74 Å². The summed E-state index contributed by atoms with van der Waals surface area (Å²) >= 11 is 0. The Kier molecular flexibility index (Phi) is 4.39. The van der Waals surface area contributed by atoms with Gasteiger partial charge in [-0.25, -0.2) is 4.79 Å². The van der Waals surface area contributed by atoms with E-state index in [2.05, 4.69) is 5.32 Å². The molecule has 0 saturated carbocycles. The van der Waals surface area contributed by atoms with E-state index in [1.165, 1.54) is 0 Å². The van der Waals surface area contributed by atoms with E-state index < -0.39 is 6.09 Å². The molecule has 0 atom stereocenters. The Labute approximate surface area is 112 Å². The first-order valence-electron chi connectivity index (χ1n) is 6.04. The van der Waals surface area contributed by atoms with Gasteiger partial charge in [0.2, 0.25) is 0 Å². The Morgan fingerprint density at radius 3 is 2.53 bits per heavy atom. The Bertz CT molecular complexity index is 540. The molecule has 0 aliphatic heterocycles. The zero-order chi connectivity index (χ0) is 13.5. The number of para-hydroxylation sites is 1. The van der Waals surface area contributed by atoms with Crippen LogP contribution in [0.25, 0.3) is 0 Å². The molecule has 2 rings (SSSR count). The third kappa shape index (κ3) is 4.03. The highest BCUT2D eigenvalue weighted by molar-refractivity contribution is 5.84. The SMILES string of the molecule is CCOC(=O)Nc1cccc(Oc2ccccc2)c1. The number of ether oxygens (including phenoxy) is 2. The molecule has 1 amide bonds. The zero-order valence-corrected chi connectivity index (χ0v) is 10.6. The maximum atomic E-state index is 11.3. The van der Waals surface area contributed by atoms with E-state index in [-0.39, 0.29) is 0 Å². The summed E-state index contributed by atoms with van der Waals surface area (Å²) in [5.41, 5.74) is 0.631. The van der Waals surface area contributed by atoms with E-state index >= 15 is 0 Å². The van der Waals surface area contributed by atoms with Crippen LogP contribution in [0.1, 0.15) is 6.92 Å². The Hall–Kier alpha value is -2.49. The largest absolute Gasteiger partial charge is 0.457 e. The van der Waals surface area contributed by atoms with Crippen molar-refractivity contribution in [3.05, 3.63) is 54.6 Å². The molecule has 0 aromatic heterocycles. The van der Waals surface area contributed by atoms with Crippen molar-refractivity contribution in [3.8, 4) is 11.5 Å². The lowest BCUT2D eigenvalue weighted by atomic mass is 10.3. The molecule has 19 heavy (non-hydrogen) atoms. The fraction of sp³-hybridized carbons (Fsp3) is 0.133. The van der Waals surface area contributed by atoms with E-state index in [4.69, 9.17) is 9.47 Å². The summed E-state index contributed by atoms with van der Waals surface area (Å²) in [5.74, 6) is 1.40. The average Bonchev–Trinajstić information content (AvgIpc) is 2.40. The molecular weight excluding hydrogens is 242 g/mol. The second-order valence-corrected chi connectivity index (χ2v) is 3.79. The molecule has 4 nitrogen and oxygen atoms in total. The van der Waals surface area contributed by atoms with Crippen molar-refractivity contribution in [3.63, 3.8) is 0 Å². The first-order valence-corrected chi connectivity index (χ1v) is 6.04. The van der Waals surface area contributed by atoms with E-state index in [9.17, 15) is 4.79 Å². The molecule has 0 spiro atoms. The lowest BCUT2D eigenvalue weighted by molar-refractivity contribution is 0.168. The molecule has 2 aromatic rings. The third-order valence-corrected chi connectivity index (χ3v) is 2.33. The van der Waals surface area contributed by atoms with Crippen LogP contribution in [0.2, 0.25) is 0 Å². The summed E-state index contributed by atoms with van der Waals surface area (Å²) in [4.78, 5) is 11.3. The van der Waals surface area contributed by atoms with Crippen LogP contribution >= 0.6 is 0 Å². The second kappa shape index (κ2) is 6.44. The van der Waals surface area contributed by atoms with Crippen LogP contribution < -0.4 is 10.1 Å². The molecule has 0 heterocycles. The molecule has 0 aliphatic rings. The smallest absolute Gasteiger partial charge is 0.411 e. The maximum Gasteiger partial charge on any atom is 0.411 e. The number of rotatable bonds is 4. The standard InChI is InChI=1S/C15H15NO3/c1-2-18-15(17)16-12-7-6-10-14(11-12)19-13-8-4-3-5-9-13/h3-11H,2H2,1H3,(H,16,17). The third-order valence-electron chi connectivity index (χ3n) is 2.33. The van der Waals surface area contributed by atoms with E-state index in [1.54, 1.807) is 25.1 Å². The minimum atomic E-state index is -0.473. The van der Waals surface area contributed by atoms with Gasteiger partial charge in [0, 0.05) is 11.8 Å². The Morgan fingerprint density at radius 1 is 1.05 bits per heavy atom. The van der Waals surface area contributed by atoms with E-state index in [0.29, 0.717) is 18.0 Å². The topological polar surface area (TPSA) is 47.6 Å². The number of anilines is 1. The van der Waals surface area contributed by atoms with Crippen LogP contribution in [0.5, 0.6) is 11.5 Å². The molecule has 0 bridgehead atoms. The first-order chi connectivity index (χ1) is 9.28. The molecule has 1 N–H and O–H groups in total. The van der Waals surface area contributed by atoms with E-state index in [0.717, 1.165) is 5.75 Å². The summed E-state index contributed by atoms with van der Waals surface area (Å²) < 4.78 is 10.5. The summed E-state index contributed by atoms with van der Waals surface area (Å²) in [7, 11) is 0. The molecule has 2 aromatic carbocycles. The average molecular weight is 257 g/mol. The van der Waals surface area contributed by atoms with Gasteiger partial charge in [-0.05, 0) is 31.2 Å². The monoisotopic (exact) mass is 257 g/mol. The molecule has 4 heteroatoms. The highest BCUT2D eigenvalue weighted by atomic mass is 16.5. The van der Waals surface area contributed by atoms with Gasteiger partial charge in [0.05, 0.1) is 6.61 Å². The number of amides is 1. The van der Waals surface area contributed by atoms with Gasteiger partial charge >= 0.3 is 6.09 Å². The predicted molar refractivity (Wildman–Crippen MR) is 73.6 cm³/mol. The molecule has 0 unspecified atom stereocenters. The first kappa shape index (κ1) is 13.0. The highest BCUT2D eigenvalue weighted by Crippen LogP contribution is 2.23. The van der Waals surface area contributed by atoms with Gasteiger partial charge in [-0.15, -0.1) is 0 Å². The molecule has 0 aliphatic carbocycles. The normalized spacial score (nSPS) is 9.74. The van der Waals surface area contributed by atoms with Gasteiger partial charge in [0.1, 0.15) is 11.5 Å². The molecule has 0 radical (unpaired) electrons. The van der Waals surface area contributed by atoms with Gasteiger partial charge in [-0.3, -0.25) is 5.32 Å². The Morgan fingerprint density at radius 2 is 1.79 bits per heavy atom. The molecular formula is C15H15NO3. The van der Waals surface area contributed by atoms with Gasteiger partial charge in [0.15, 0.2) is 0 Å². The minimum Gasteiger partial charge on any atom is -0.457 e. The summed E-state index contributed by atoms with van der Waals surface area (Å²) in [6.45, 7) is 2.10. The van der Waals surface area contributed by atoms with Crippen molar-refractivity contribution in [2.45, 2.75) is 6.92 Å². The number of nitrogens with one attached hydrogen (secondary N) is 1. The van der Waals surface area contributed by atoms with Crippen molar-refractivity contribution >= 4 is 11.8 Å². The zero-order valence-electron chi connectivity index (χ0n) is 10.6. The summed E-state index contributed by atoms with van der Waals surface area (Å²) in [6, 6.07) is 16.6. The minimum absolute atomic E-state index is 0.339. The molecule has 0 fully saturated rings. The van der Waals surface area contributed by atoms with Crippen molar-refractivity contribution in [1.82, 2.24) is 0 Å². The summed E-state index contributed by atoms with van der Waals surface area (Å²) in [6.07, 6.45) is -0.473. The van der Waals surface area contributed by atoms with Gasteiger partial charge < -0.3 is 9.47 Å². The molecule has 98 valence electrons. The van der Waals surface area contributed by atoms with Crippen LogP contribution in [0.4, 0.5) is 10.5 Å². The van der Waals surface area contributed by atoms with Crippen LogP contribution in [-0.4, -0.2) is 12.7 Å². The van der Waals surface area contributed by atoms with Crippen LogP contribution in [0.3, 0.4) is 0 Å². The fourth-order valence-corrected chi connectivity index (χ4v) is 1.55. The van der Waals surface area contributed by atoms with Crippen molar-refractivity contribution in [2.75, 3.05) is 11.9 Å². The quantitative estimate of drug-likeness (QED) is 0.898. The number of hydrogen-bond donors (Lipinski definition) is 1. The lowest BCUT2D eigenvalue weighted by Crippen LogP contribution is -2.13. The molecule has 0 saturated heterocycles. The number of hydrogen-bond acceptors (Lipinski definition) is 3. The van der Waals surface area contributed by atoms with Gasteiger partial charge in [0.25, 0.3) is 0 Å². The van der Waals surface area contributed by atoms with Crippen molar-refractivity contribution < 1.29 is 14.3 Å². The summed E-state index contributed by atoms with van der Waals surface area (Å²) in [5, 5.41) is 2.63. The lowest BCUT2D eigenvalue weighted by Gasteiger charge is -2.08. The van der Waals surface area contributed by atoms with Crippen molar-refractivity contribution in [2.24, 2.45) is 0 Å².